The zero-order chi connectivity index (χ0) is 15.6. The number of anilines is 1. The summed E-state index contributed by atoms with van der Waals surface area (Å²) < 4.78 is 45.0. The molecule has 0 aliphatic heterocycles. The number of nitrogen functional groups attached to an aromatic ring is 1. The van der Waals surface area contributed by atoms with Crippen LogP contribution in [0.25, 0.3) is 0 Å². The van der Waals surface area contributed by atoms with Crippen LogP contribution in [-0.2, 0) is 14.8 Å². The van der Waals surface area contributed by atoms with Crippen molar-refractivity contribution in [1.29, 1.82) is 0 Å². The third-order valence-electron chi connectivity index (χ3n) is 3.32. The molecule has 0 aromatic heterocycles. The molecular formula is C13H18ClFN2O3S. The van der Waals surface area contributed by atoms with Gasteiger partial charge in [0.05, 0.1) is 12.3 Å². The van der Waals surface area contributed by atoms with Gasteiger partial charge >= 0.3 is 0 Å². The number of halogens is 2. The van der Waals surface area contributed by atoms with Gasteiger partial charge in [-0.1, -0.05) is 11.6 Å². The fraction of sp³-hybridized carbons (Fsp3) is 0.538. The summed E-state index contributed by atoms with van der Waals surface area (Å²) in [5, 5.41) is 0.0749. The van der Waals surface area contributed by atoms with Crippen LogP contribution >= 0.6 is 11.6 Å². The van der Waals surface area contributed by atoms with Gasteiger partial charge in [-0.25, -0.2) is 12.8 Å². The van der Waals surface area contributed by atoms with E-state index in [1.807, 2.05) is 0 Å². The Kier molecular flexibility index (Phi) is 5.08. The summed E-state index contributed by atoms with van der Waals surface area (Å²) in [5.41, 5.74) is 5.12. The molecule has 118 valence electrons. The molecule has 1 aromatic rings. The molecular weight excluding hydrogens is 319 g/mol. The van der Waals surface area contributed by atoms with Crippen molar-refractivity contribution in [3.05, 3.63) is 23.0 Å². The van der Waals surface area contributed by atoms with Crippen LogP contribution in [0.3, 0.4) is 0 Å². The van der Waals surface area contributed by atoms with Gasteiger partial charge in [0.2, 0.25) is 10.0 Å². The van der Waals surface area contributed by atoms with E-state index in [0.29, 0.717) is 12.5 Å². The minimum atomic E-state index is -3.99. The molecule has 2 rings (SSSR count). The van der Waals surface area contributed by atoms with Gasteiger partial charge < -0.3 is 10.5 Å². The number of sulfonamides is 1. The first kappa shape index (κ1) is 16.5. The van der Waals surface area contributed by atoms with E-state index in [-0.39, 0.29) is 23.9 Å². The Morgan fingerprint density at radius 3 is 2.76 bits per heavy atom. The average molecular weight is 337 g/mol. The zero-order valence-electron chi connectivity index (χ0n) is 11.7. The minimum absolute atomic E-state index is 0.0749. The predicted octanol–water partition coefficient (Wildman–Crippen LogP) is 2.11. The molecule has 1 aliphatic rings. The number of ether oxygens (including phenoxy) is 1. The summed E-state index contributed by atoms with van der Waals surface area (Å²) >= 11 is 5.75. The predicted molar refractivity (Wildman–Crippen MR) is 79.2 cm³/mol. The van der Waals surface area contributed by atoms with Gasteiger partial charge in [0.1, 0.15) is 4.90 Å². The second-order valence-corrected chi connectivity index (χ2v) is 7.60. The Bertz CT molecular complexity index is 620. The quantitative estimate of drug-likeness (QED) is 0.611. The van der Waals surface area contributed by atoms with Crippen LogP contribution in [0.4, 0.5) is 10.1 Å². The zero-order valence-corrected chi connectivity index (χ0v) is 13.3. The molecule has 0 heterocycles. The molecule has 0 amide bonds. The Labute approximate surface area is 128 Å². The van der Waals surface area contributed by atoms with Gasteiger partial charge in [0.25, 0.3) is 0 Å². The molecule has 0 unspecified atom stereocenters. The van der Waals surface area contributed by atoms with Crippen LogP contribution in [0, 0.1) is 11.7 Å². The summed E-state index contributed by atoms with van der Waals surface area (Å²) in [5.74, 6) is -0.373. The molecule has 8 heteroatoms. The second-order valence-electron chi connectivity index (χ2n) is 5.15. The third-order valence-corrected chi connectivity index (χ3v) is 5.40. The highest BCUT2D eigenvalue weighted by Gasteiger charge is 2.26. The Balaban J connectivity index is 2.05. The van der Waals surface area contributed by atoms with Crippen LogP contribution in [0.5, 0.6) is 0 Å². The fourth-order valence-corrected chi connectivity index (χ4v) is 3.35. The fourth-order valence-electron chi connectivity index (χ4n) is 1.79. The lowest BCUT2D eigenvalue weighted by atomic mass is 10.3. The maximum Gasteiger partial charge on any atom is 0.245 e. The standard InChI is InChI=1S/C13H18ClFN2O3S/c1-17(4-5-20-8-9-2-3-9)21(18,19)12-7-10(14)6-11(16)13(12)15/h6-7,9H,2-5,8,16H2,1H3. The van der Waals surface area contributed by atoms with Crippen molar-refractivity contribution >= 4 is 27.3 Å². The van der Waals surface area contributed by atoms with E-state index in [0.717, 1.165) is 10.4 Å². The summed E-state index contributed by atoms with van der Waals surface area (Å²) in [7, 11) is -2.62. The summed E-state index contributed by atoms with van der Waals surface area (Å²) in [6.07, 6.45) is 2.34. The van der Waals surface area contributed by atoms with Crippen molar-refractivity contribution in [3.8, 4) is 0 Å². The summed E-state index contributed by atoms with van der Waals surface area (Å²) in [6, 6.07) is 2.23. The van der Waals surface area contributed by atoms with Gasteiger partial charge in [0.15, 0.2) is 5.82 Å². The summed E-state index contributed by atoms with van der Waals surface area (Å²) in [4.78, 5) is -0.516. The minimum Gasteiger partial charge on any atom is -0.396 e. The highest BCUT2D eigenvalue weighted by atomic mass is 35.5. The average Bonchev–Trinajstić information content (AvgIpc) is 3.22. The van der Waals surface area contributed by atoms with Crippen molar-refractivity contribution in [1.82, 2.24) is 4.31 Å². The van der Waals surface area contributed by atoms with Gasteiger partial charge in [0, 0.05) is 25.2 Å². The number of nitrogens with two attached hydrogens (primary N) is 1. The molecule has 0 atom stereocenters. The lowest BCUT2D eigenvalue weighted by Gasteiger charge is -2.18. The first-order valence-electron chi connectivity index (χ1n) is 6.61. The normalized spacial score (nSPS) is 15.6. The van der Waals surface area contributed by atoms with E-state index < -0.39 is 20.7 Å². The highest BCUT2D eigenvalue weighted by molar-refractivity contribution is 7.89. The van der Waals surface area contributed by atoms with E-state index in [4.69, 9.17) is 22.1 Å². The molecule has 5 nitrogen and oxygen atoms in total. The number of hydrogen-bond acceptors (Lipinski definition) is 4. The monoisotopic (exact) mass is 336 g/mol. The molecule has 21 heavy (non-hydrogen) atoms. The van der Waals surface area contributed by atoms with Crippen LogP contribution in [-0.4, -0.2) is 39.5 Å². The SMILES string of the molecule is CN(CCOCC1CC1)S(=O)(=O)c1cc(Cl)cc(N)c1F. The molecule has 1 fully saturated rings. The topological polar surface area (TPSA) is 72.6 Å². The molecule has 1 aliphatic carbocycles. The number of benzene rings is 1. The van der Waals surface area contributed by atoms with Crippen molar-refractivity contribution < 1.29 is 17.5 Å². The van der Waals surface area contributed by atoms with Crippen LogP contribution in [0.2, 0.25) is 5.02 Å². The number of hydrogen-bond donors (Lipinski definition) is 1. The Morgan fingerprint density at radius 2 is 2.14 bits per heavy atom. The molecule has 0 saturated heterocycles. The Morgan fingerprint density at radius 1 is 1.48 bits per heavy atom. The van der Waals surface area contributed by atoms with Crippen molar-refractivity contribution in [2.75, 3.05) is 32.5 Å². The first-order chi connectivity index (χ1) is 9.82. The second kappa shape index (κ2) is 6.48. The molecule has 1 aromatic carbocycles. The van der Waals surface area contributed by atoms with Gasteiger partial charge in [-0.15, -0.1) is 0 Å². The van der Waals surface area contributed by atoms with Crippen molar-refractivity contribution in [2.45, 2.75) is 17.7 Å². The van der Waals surface area contributed by atoms with E-state index in [2.05, 4.69) is 0 Å². The van der Waals surface area contributed by atoms with E-state index in [9.17, 15) is 12.8 Å². The number of nitrogens with zero attached hydrogens (tertiary/aromatic N) is 1. The number of likely N-dealkylation sites (N-methyl/N-ethyl adjacent to an activating group) is 1. The lowest BCUT2D eigenvalue weighted by Crippen LogP contribution is -2.31. The smallest absolute Gasteiger partial charge is 0.245 e. The van der Waals surface area contributed by atoms with Gasteiger partial charge in [-0.3, -0.25) is 0 Å². The Hall–Kier alpha value is -0.890. The molecule has 1 saturated carbocycles. The van der Waals surface area contributed by atoms with Crippen LogP contribution in [0.15, 0.2) is 17.0 Å². The largest absolute Gasteiger partial charge is 0.396 e. The summed E-state index contributed by atoms with van der Waals surface area (Å²) in [6.45, 7) is 1.05. The lowest BCUT2D eigenvalue weighted by molar-refractivity contribution is 0.117. The van der Waals surface area contributed by atoms with E-state index >= 15 is 0 Å². The molecule has 0 radical (unpaired) electrons. The van der Waals surface area contributed by atoms with Gasteiger partial charge in [-0.2, -0.15) is 4.31 Å². The highest BCUT2D eigenvalue weighted by Crippen LogP contribution is 2.29. The van der Waals surface area contributed by atoms with E-state index in [1.54, 1.807) is 0 Å². The number of rotatable bonds is 7. The van der Waals surface area contributed by atoms with Crippen LogP contribution in [0.1, 0.15) is 12.8 Å². The van der Waals surface area contributed by atoms with Crippen LogP contribution < -0.4 is 5.73 Å². The first-order valence-corrected chi connectivity index (χ1v) is 8.42. The maximum absolute atomic E-state index is 13.9. The molecule has 0 spiro atoms. The van der Waals surface area contributed by atoms with Gasteiger partial charge in [-0.05, 0) is 30.9 Å². The third kappa shape index (κ3) is 4.06. The molecule has 0 bridgehead atoms. The van der Waals surface area contributed by atoms with Crippen molar-refractivity contribution in [3.63, 3.8) is 0 Å². The van der Waals surface area contributed by atoms with E-state index in [1.165, 1.54) is 26.0 Å². The molecule has 2 N–H and O–H groups in total. The van der Waals surface area contributed by atoms with Crippen molar-refractivity contribution in [2.24, 2.45) is 5.92 Å². The maximum atomic E-state index is 13.9.